The summed E-state index contributed by atoms with van der Waals surface area (Å²) in [6.07, 6.45) is -1.96. The van der Waals surface area contributed by atoms with E-state index in [1.54, 1.807) is 30.3 Å². The lowest BCUT2D eigenvalue weighted by atomic mass is 10.1. The predicted molar refractivity (Wildman–Crippen MR) is 60.2 cm³/mol. The minimum atomic E-state index is -1.96. The van der Waals surface area contributed by atoms with Gasteiger partial charge in [-0.3, -0.25) is 0 Å². The smallest absolute Gasteiger partial charge is 0.198 e. The molecule has 1 nitrogen and oxygen atoms in total. The number of halogens is 4. The highest BCUT2D eigenvalue weighted by atomic mass is 19.2. The third-order valence-electron chi connectivity index (χ3n) is 2.41. The molecule has 0 aliphatic rings. The van der Waals surface area contributed by atoms with E-state index < -0.39 is 29.3 Å². The lowest BCUT2D eigenvalue weighted by Crippen LogP contribution is -2.09. The summed E-state index contributed by atoms with van der Waals surface area (Å²) in [6.45, 7) is 0. The van der Waals surface area contributed by atoms with E-state index in [9.17, 15) is 17.6 Å². The molecule has 2 aromatic carbocycles. The minimum Gasteiger partial charge on any atom is -0.352 e. The predicted octanol–water partition coefficient (Wildman–Crippen LogP) is 4.18. The van der Waals surface area contributed by atoms with E-state index in [0.29, 0.717) is 11.8 Å². The Morgan fingerprint density at radius 3 is 2.17 bits per heavy atom. The minimum absolute atomic E-state index is 0.411. The van der Waals surface area contributed by atoms with Crippen molar-refractivity contribution in [2.75, 3.05) is 5.32 Å². The summed E-state index contributed by atoms with van der Waals surface area (Å²) in [6, 6.07) is 9.76. The normalized spacial score (nSPS) is 12.2. The van der Waals surface area contributed by atoms with E-state index in [-0.39, 0.29) is 0 Å². The highest BCUT2D eigenvalue weighted by Crippen LogP contribution is 2.25. The van der Waals surface area contributed by atoms with Crippen LogP contribution in [0.4, 0.5) is 23.2 Å². The van der Waals surface area contributed by atoms with Crippen molar-refractivity contribution in [3.8, 4) is 0 Å². The topological polar surface area (TPSA) is 12.0 Å². The lowest BCUT2D eigenvalue weighted by molar-refractivity contribution is 0.358. The first-order valence-corrected chi connectivity index (χ1v) is 5.18. The Hall–Kier alpha value is -2.04. The van der Waals surface area contributed by atoms with Crippen molar-refractivity contribution in [3.63, 3.8) is 0 Å². The van der Waals surface area contributed by atoms with Crippen LogP contribution in [-0.4, -0.2) is 0 Å². The highest BCUT2D eigenvalue weighted by molar-refractivity contribution is 5.44. The van der Waals surface area contributed by atoms with Crippen LogP contribution in [0.3, 0.4) is 0 Å². The maximum Gasteiger partial charge on any atom is 0.198 e. The van der Waals surface area contributed by atoms with E-state index in [0.717, 1.165) is 6.07 Å². The number of benzene rings is 2. The molecule has 0 spiro atoms. The van der Waals surface area contributed by atoms with Crippen molar-refractivity contribution in [2.24, 2.45) is 0 Å². The van der Waals surface area contributed by atoms with Gasteiger partial charge in [0, 0.05) is 11.3 Å². The van der Waals surface area contributed by atoms with Gasteiger partial charge in [-0.2, -0.15) is 0 Å². The van der Waals surface area contributed by atoms with Gasteiger partial charge in [0.25, 0.3) is 0 Å². The van der Waals surface area contributed by atoms with E-state index in [2.05, 4.69) is 5.32 Å². The van der Waals surface area contributed by atoms with E-state index in [1.165, 1.54) is 0 Å². The van der Waals surface area contributed by atoms with E-state index >= 15 is 0 Å². The van der Waals surface area contributed by atoms with Crippen LogP contribution in [0, 0.1) is 17.5 Å². The number of anilines is 1. The molecule has 1 unspecified atom stereocenters. The monoisotopic (exact) mass is 255 g/mol. The third kappa shape index (κ3) is 2.45. The summed E-state index contributed by atoms with van der Waals surface area (Å²) in [5.41, 5.74) is -0.160. The van der Waals surface area contributed by atoms with Gasteiger partial charge in [0.1, 0.15) is 0 Å². The fourth-order valence-corrected chi connectivity index (χ4v) is 1.50. The second-order valence-electron chi connectivity index (χ2n) is 3.64. The van der Waals surface area contributed by atoms with Gasteiger partial charge in [-0.25, -0.2) is 17.6 Å². The average Bonchev–Trinajstić information content (AvgIpc) is 2.37. The molecule has 0 bridgehead atoms. The molecule has 0 saturated heterocycles. The summed E-state index contributed by atoms with van der Waals surface area (Å²) in [5, 5.41) is 2.35. The molecular formula is C13H9F4N. The van der Waals surface area contributed by atoms with Crippen LogP contribution >= 0.6 is 0 Å². The second kappa shape index (κ2) is 5.08. The first-order chi connectivity index (χ1) is 8.59. The summed E-state index contributed by atoms with van der Waals surface area (Å²) in [7, 11) is 0. The molecule has 5 heteroatoms. The van der Waals surface area contributed by atoms with Crippen molar-refractivity contribution in [1.29, 1.82) is 0 Å². The molecule has 1 N–H and O–H groups in total. The third-order valence-corrected chi connectivity index (χ3v) is 2.41. The first kappa shape index (κ1) is 12.4. The summed E-state index contributed by atoms with van der Waals surface area (Å²) in [4.78, 5) is 0. The van der Waals surface area contributed by atoms with Crippen LogP contribution in [-0.2, 0) is 0 Å². The number of hydrogen-bond acceptors (Lipinski definition) is 1. The molecular weight excluding hydrogens is 246 g/mol. The molecule has 0 radical (unpaired) electrons. The summed E-state index contributed by atoms with van der Waals surface area (Å²) in [5.74, 6) is -4.54. The summed E-state index contributed by atoms with van der Waals surface area (Å²) < 4.78 is 52.7. The van der Waals surface area contributed by atoms with Crippen molar-refractivity contribution < 1.29 is 17.6 Å². The molecule has 0 heterocycles. The van der Waals surface area contributed by atoms with Crippen molar-refractivity contribution in [1.82, 2.24) is 0 Å². The van der Waals surface area contributed by atoms with Crippen LogP contribution in [0.5, 0.6) is 0 Å². The number of para-hydroxylation sites is 1. The quantitative estimate of drug-likeness (QED) is 0.492. The molecule has 0 aromatic heterocycles. The highest BCUT2D eigenvalue weighted by Gasteiger charge is 2.20. The SMILES string of the molecule is Fc1ccc(C(F)Nc2ccccc2)c(F)c1F. The molecule has 0 aliphatic heterocycles. The second-order valence-corrected chi connectivity index (χ2v) is 3.64. The van der Waals surface area contributed by atoms with Gasteiger partial charge < -0.3 is 5.32 Å². The Kier molecular flexibility index (Phi) is 3.50. The Morgan fingerprint density at radius 1 is 0.833 bits per heavy atom. The molecule has 0 amide bonds. The lowest BCUT2D eigenvalue weighted by Gasteiger charge is -2.13. The molecule has 2 aromatic rings. The van der Waals surface area contributed by atoms with Gasteiger partial charge in [0.05, 0.1) is 0 Å². The average molecular weight is 255 g/mol. The fourth-order valence-electron chi connectivity index (χ4n) is 1.50. The molecule has 94 valence electrons. The summed E-state index contributed by atoms with van der Waals surface area (Å²) >= 11 is 0. The molecule has 0 saturated carbocycles. The van der Waals surface area contributed by atoms with Crippen molar-refractivity contribution in [3.05, 3.63) is 65.5 Å². The zero-order valence-electron chi connectivity index (χ0n) is 9.13. The van der Waals surface area contributed by atoms with Crippen LogP contribution in [0.25, 0.3) is 0 Å². The zero-order valence-corrected chi connectivity index (χ0v) is 9.13. The van der Waals surface area contributed by atoms with Gasteiger partial charge in [0.2, 0.25) is 0 Å². The maximum absolute atomic E-state index is 13.8. The zero-order chi connectivity index (χ0) is 13.1. The standard InChI is InChI=1S/C13H9F4N/c14-10-7-6-9(11(15)12(10)16)13(17)18-8-4-2-1-3-5-8/h1-7,13,18H. The van der Waals surface area contributed by atoms with Gasteiger partial charge in [-0.05, 0) is 24.3 Å². The molecule has 18 heavy (non-hydrogen) atoms. The Labute approximate surface area is 101 Å². The van der Waals surface area contributed by atoms with Crippen LogP contribution in [0.15, 0.2) is 42.5 Å². The molecule has 1 atom stereocenters. The van der Waals surface area contributed by atoms with Gasteiger partial charge in [-0.1, -0.05) is 18.2 Å². The van der Waals surface area contributed by atoms with Gasteiger partial charge >= 0.3 is 0 Å². The molecule has 0 fully saturated rings. The number of rotatable bonds is 3. The van der Waals surface area contributed by atoms with Crippen molar-refractivity contribution >= 4 is 5.69 Å². The van der Waals surface area contributed by atoms with Crippen LogP contribution < -0.4 is 5.32 Å². The van der Waals surface area contributed by atoms with Crippen molar-refractivity contribution in [2.45, 2.75) is 6.30 Å². The van der Waals surface area contributed by atoms with Gasteiger partial charge in [0.15, 0.2) is 23.7 Å². The van der Waals surface area contributed by atoms with Crippen LogP contribution in [0.1, 0.15) is 11.9 Å². The van der Waals surface area contributed by atoms with Gasteiger partial charge in [-0.15, -0.1) is 0 Å². The number of alkyl halides is 1. The number of hydrogen-bond donors (Lipinski definition) is 1. The van der Waals surface area contributed by atoms with E-state index in [1.807, 2.05) is 0 Å². The van der Waals surface area contributed by atoms with E-state index in [4.69, 9.17) is 0 Å². The molecule has 0 aliphatic carbocycles. The largest absolute Gasteiger partial charge is 0.352 e. The Morgan fingerprint density at radius 2 is 1.50 bits per heavy atom. The fraction of sp³-hybridized carbons (Fsp3) is 0.0769. The first-order valence-electron chi connectivity index (χ1n) is 5.18. The Bertz CT molecular complexity index is 542. The number of nitrogens with one attached hydrogen (secondary N) is 1. The maximum atomic E-state index is 13.8. The Balaban J connectivity index is 2.24. The molecule has 2 rings (SSSR count). The van der Waals surface area contributed by atoms with Crippen LogP contribution in [0.2, 0.25) is 0 Å².